The standard InChI is InChI=1S/C23H17NO4/c1-2-27-23(26)18-10-8-16(9-11-18)21-13-12-20(28-21)14-19(15-24)22(25)17-6-4-3-5-7-17/h3-14H,2H2,1H3/b19-14+. The summed E-state index contributed by atoms with van der Waals surface area (Å²) in [6, 6.07) is 20.8. The summed E-state index contributed by atoms with van der Waals surface area (Å²) in [6.45, 7) is 2.07. The number of nitrogens with zero attached hydrogens (tertiary/aromatic N) is 1. The lowest BCUT2D eigenvalue weighted by Gasteiger charge is -2.02. The van der Waals surface area contributed by atoms with E-state index < -0.39 is 0 Å². The molecule has 0 unspecified atom stereocenters. The zero-order valence-electron chi connectivity index (χ0n) is 15.2. The number of furan rings is 1. The molecule has 0 amide bonds. The lowest BCUT2D eigenvalue weighted by Crippen LogP contribution is -2.03. The molecular formula is C23H17NO4. The van der Waals surface area contributed by atoms with Crippen molar-refractivity contribution in [3.63, 3.8) is 0 Å². The highest BCUT2D eigenvalue weighted by molar-refractivity contribution is 6.13. The highest BCUT2D eigenvalue weighted by Gasteiger charge is 2.13. The van der Waals surface area contributed by atoms with Crippen LogP contribution >= 0.6 is 0 Å². The molecule has 0 aliphatic rings. The third-order valence-corrected chi connectivity index (χ3v) is 3.99. The highest BCUT2D eigenvalue weighted by atomic mass is 16.5. The largest absolute Gasteiger partial charge is 0.462 e. The Morgan fingerprint density at radius 2 is 1.71 bits per heavy atom. The average Bonchev–Trinajstić information content (AvgIpc) is 3.21. The van der Waals surface area contributed by atoms with Crippen molar-refractivity contribution in [3.8, 4) is 17.4 Å². The summed E-state index contributed by atoms with van der Waals surface area (Å²) in [5.74, 6) is 0.214. The predicted octanol–water partition coefficient (Wildman–Crippen LogP) is 4.91. The number of ether oxygens (including phenoxy) is 1. The van der Waals surface area contributed by atoms with E-state index in [0.717, 1.165) is 5.56 Å². The molecule has 3 aromatic rings. The van der Waals surface area contributed by atoms with Gasteiger partial charge in [0.25, 0.3) is 0 Å². The minimum atomic E-state index is -0.379. The fourth-order valence-corrected chi connectivity index (χ4v) is 2.61. The normalized spacial score (nSPS) is 10.9. The van der Waals surface area contributed by atoms with Gasteiger partial charge in [-0.3, -0.25) is 4.79 Å². The first-order chi connectivity index (χ1) is 13.6. The van der Waals surface area contributed by atoms with E-state index in [1.54, 1.807) is 73.7 Å². The van der Waals surface area contributed by atoms with Crippen molar-refractivity contribution in [1.82, 2.24) is 0 Å². The molecule has 5 nitrogen and oxygen atoms in total. The average molecular weight is 371 g/mol. The lowest BCUT2D eigenvalue weighted by atomic mass is 10.0. The smallest absolute Gasteiger partial charge is 0.338 e. The van der Waals surface area contributed by atoms with E-state index in [4.69, 9.17) is 9.15 Å². The van der Waals surface area contributed by atoms with Crippen molar-refractivity contribution in [3.05, 3.63) is 89.2 Å². The summed E-state index contributed by atoms with van der Waals surface area (Å²) in [4.78, 5) is 24.2. The van der Waals surface area contributed by atoms with Crippen LogP contribution in [0.4, 0.5) is 0 Å². The Labute approximate surface area is 162 Å². The van der Waals surface area contributed by atoms with Gasteiger partial charge in [0.05, 0.1) is 12.2 Å². The number of benzene rings is 2. The molecule has 3 rings (SSSR count). The molecule has 1 aromatic heterocycles. The van der Waals surface area contributed by atoms with Gasteiger partial charge in [0.2, 0.25) is 5.78 Å². The number of carbonyl (C=O) groups excluding carboxylic acids is 2. The fraction of sp³-hybridized carbons (Fsp3) is 0.0870. The minimum Gasteiger partial charge on any atom is -0.462 e. The maximum Gasteiger partial charge on any atom is 0.338 e. The van der Waals surface area contributed by atoms with E-state index in [1.807, 2.05) is 6.07 Å². The molecule has 0 fully saturated rings. The van der Waals surface area contributed by atoms with Crippen molar-refractivity contribution in [2.75, 3.05) is 6.61 Å². The lowest BCUT2D eigenvalue weighted by molar-refractivity contribution is 0.0526. The van der Waals surface area contributed by atoms with Gasteiger partial charge in [0, 0.05) is 17.2 Å². The van der Waals surface area contributed by atoms with Gasteiger partial charge in [-0.15, -0.1) is 0 Å². The van der Waals surface area contributed by atoms with E-state index in [1.165, 1.54) is 6.08 Å². The molecule has 0 aliphatic carbocycles. The molecule has 138 valence electrons. The molecule has 1 heterocycles. The molecule has 5 heteroatoms. The first kappa shape index (κ1) is 18.9. The molecule has 0 saturated carbocycles. The SMILES string of the molecule is CCOC(=O)c1ccc(-c2ccc(/C=C(\C#N)C(=O)c3ccccc3)o2)cc1. The molecular weight excluding hydrogens is 354 g/mol. The van der Waals surface area contributed by atoms with E-state index in [2.05, 4.69) is 0 Å². The molecule has 28 heavy (non-hydrogen) atoms. The van der Waals surface area contributed by atoms with Crippen molar-refractivity contribution in [2.24, 2.45) is 0 Å². The molecule has 0 aliphatic heterocycles. The number of hydrogen-bond donors (Lipinski definition) is 0. The molecule has 0 N–H and O–H groups in total. The van der Waals surface area contributed by atoms with E-state index in [0.29, 0.717) is 29.3 Å². The van der Waals surface area contributed by atoms with Gasteiger partial charge in [0.15, 0.2) is 0 Å². The predicted molar refractivity (Wildman–Crippen MR) is 104 cm³/mol. The Morgan fingerprint density at radius 3 is 2.36 bits per heavy atom. The summed E-state index contributed by atoms with van der Waals surface area (Å²) in [5, 5.41) is 9.34. The summed E-state index contributed by atoms with van der Waals surface area (Å²) in [5.41, 5.74) is 1.65. The summed E-state index contributed by atoms with van der Waals surface area (Å²) < 4.78 is 10.7. The zero-order chi connectivity index (χ0) is 19.9. The molecule has 0 atom stereocenters. The van der Waals surface area contributed by atoms with Gasteiger partial charge < -0.3 is 9.15 Å². The molecule has 0 radical (unpaired) electrons. The number of Topliss-reactive ketones (excluding diaryl/α,β-unsaturated/α-hetero) is 1. The molecule has 0 saturated heterocycles. The zero-order valence-corrected chi connectivity index (χ0v) is 15.2. The first-order valence-electron chi connectivity index (χ1n) is 8.71. The summed E-state index contributed by atoms with van der Waals surface area (Å²) in [6.07, 6.45) is 1.42. The van der Waals surface area contributed by atoms with E-state index >= 15 is 0 Å². The maximum absolute atomic E-state index is 12.4. The topological polar surface area (TPSA) is 80.3 Å². The number of hydrogen-bond acceptors (Lipinski definition) is 5. The molecule has 0 bridgehead atoms. The Morgan fingerprint density at radius 1 is 1.00 bits per heavy atom. The summed E-state index contributed by atoms with van der Waals surface area (Å²) >= 11 is 0. The maximum atomic E-state index is 12.4. The van der Waals surface area contributed by atoms with Gasteiger partial charge in [-0.2, -0.15) is 5.26 Å². The van der Waals surface area contributed by atoms with Crippen LogP contribution in [0.2, 0.25) is 0 Å². The highest BCUT2D eigenvalue weighted by Crippen LogP contribution is 2.24. The monoisotopic (exact) mass is 371 g/mol. The van der Waals surface area contributed by atoms with Gasteiger partial charge >= 0.3 is 5.97 Å². The van der Waals surface area contributed by atoms with Crippen molar-refractivity contribution in [2.45, 2.75) is 6.92 Å². The van der Waals surface area contributed by atoms with Gasteiger partial charge in [0.1, 0.15) is 23.2 Å². The number of esters is 1. The van der Waals surface area contributed by atoms with Gasteiger partial charge in [-0.25, -0.2) is 4.79 Å². The third kappa shape index (κ3) is 4.25. The third-order valence-electron chi connectivity index (χ3n) is 3.99. The number of ketones is 1. The Balaban J connectivity index is 1.81. The quantitative estimate of drug-likeness (QED) is 0.266. The number of nitriles is 1. The van der Waals surface area contributed by atoms with Crippen LogP contribution < -0.4 is 0 Å². The van der Waals surface area contributed by atoms with Crippen LogP contribution in [0.5, 0.6) is 0 Å². The van der Waals surface area contributed by atoms with Crippen LogP contribution in [0, 0.1) is 11.3 Å². The second kappa shape index (κ2) is 8.65. The second-order valence-electron chi connectivity index (χ2n) is 5.86. The van der Waals surface area contributed by atoms with Crippen molar-refractivity contribution >= 4 is 17.8 Å². The van der Waals surface area contributed by atoms with Crippen molar-refractivity contribution in [1.29, 1.82) is 5.26 Å². The molecule has 0 spiro atoms. The Hall–Kier alpha value is -3.91. The number of rotatable bonds is 6. The van der Waals surface area contributed by atoms with Crippen LogP contribution in [0.3, 0.4) is 0 Å². The van der Waals surface area contributed by atoms with Crippen LogP contribution in [-0.4, -0.2) is 18.4 Å². The van der Waals surface area contributed by atoms with E-state index in [9.17, 15) is 14.9 Å². The summed E-state index contributed by atoms with van der Waals surface area (Å²) in [7, 11) is 0. The van der Waals surface area contributed by atoms with Gasteiger partial charge in [-0.05, 0) is 31.2 Å². The fourth-order valence-electron chi connectivity index (χ4n) is 2.61. The second-order valence-corrected chi connectivity index (χ2v) is 5.86. The van der Waals surface area contributed by atoms with Crippen molar-refractivity contribution < 1.29 is 18.7 Å². The minimum absolute atomic E-state index is 0.00948. The number of allylic oxidation sites excluding steroid dienone is 1. The van der Waals surface area contributed by atoms with Crippen LogP contribution in [0.15, 0.2) is 76.7 Å². The van der Waals surface area contributed by atoms with Gasteiger partial charge in [-0.1, -0.05) is 42.5 Å². The van der Waals surface area contributed by atoms with Crippen LogP contribution in [0.1, 0.15) is 33.4 Å². The first-order valence-corrected chi connectivity index (χ1v) is 8.71. The van der Waals surface area contributed by atoms with E-state index in [-0.39, 0.29) is 17.3 Å². The van der Waals surface area contributed by atoms with Crippen LogP contribution in [0.25, 0.3) is 17.4 Å². The Bertz CT molecular complexity index is 1050. The molecule has 2 aromatic carbocycles. The number of carbonyl (C=O) groups is 2. The Kier molecular flexibility index (Phi) is 5.83. The van der Waals surface area contributed by atoms with Crippen LogP contribution in [-0.2, 0) is 4.74 Å².